The second kappa shape index (κ2) is 4.35. The van der Waals surface area contributed by atoms with Crippen LogP contribution in [0.3, 0.4) is 0 Å². The minimum Gasteiger partial charge on any atom is -0.363 e. The van der Waals surface area contributed by atoms with E-state index in [0.29, 0.717) is 6.54 Å². The summed E-state index contributed by atoms with van der Waals surface area (Å²) in [5, 5.41) is 0. The van der Waals surface area contributed by atoms with E-state index in [9.17, 15) is 0 Å². The molecule has 0 unspecified atom stereocenters. The maximum absolute atomic E-state index is 5.72. The highest BCUT2D eigenvalue weighted by Gasteiger charge is 2.22. The Morgan fingerprint density at radius 1 is 1.18 bits per heavy atom. The number of benzene rings is 1. The van der Waals surface area contributed by atoms with Gasteiger partial charge in [0.2, 0.25) is 0 Å². The van der Waals surface area contributed by atoms with Crippen molar-refractivity contribution in [3.8, 4) is 0 Å². The fraction of sp³-hybridized carbons (Fsp3) is 0.286. The van der Waals surface area contributed by atoms with Gasteiger partial charge >= 0.3 is 0 Å². The van der Waals surface area contributed by atoms with Crippen LogP contribution >= 0.6 is 0 Å². The minimum absolute atomic E-state index is 0.606. The van der Waals surface area contributed by atoms with Crippen LogP contribution in [-0.4, -0.2) is 9.88 Å². The summed E-state index contributed by atoms with van der Waals surface area (Å²) in [6, 6.07) is 10.6. The molecule has 1 aromatic carbocycles. The third-order valence-electron chi connectivity index (χ3n) is 3.40. The highest BCUT2D eigenvalue weighted by Crippen LogP contribution is 2.26. The first kappa shape index (κ1) is 10.6. The molecule has 0 saturated heterocycles. The van der Waals surface area contributed by atoms with Crippen molar-refractivity contribution in [2.75, 3.05) is 0 Å². The molecule has 3 heteroatoms. The third-order valence-corrected chi connectivity index (χ3v) is 3.40. The summed E-state index contributed by atoms with van der Waals surface area (Å²) in [6.07, 6.45) is 2.10. The Labute approximate surface area is 101 Å². The first-order chi connectivity index (χ1) is 8.36. The first-order valence-electron chi connectivity index (χ1n) is 6.01. The molecule has 3 rings (SSSR count). The molecular weight excluding hydrogens is 210 g/mol. The van der Waals surface area contributed by atoms with Crippen LogP contribution in [0.15, 0.2) is 36.5 Å². The second-order valence-corrected chi connectivity index (χ2v) is 4.61. The lowest BCUT2D eigenvalue weighted by Gasteiger charge is -2.15. The lowest BCUT2D eigenvalue weighted by Crippen LogP contribution is -2.16. The molecule has 1 aliphatic heterocycles. The van der Waals surface area contributed by atoms with Crippen molar-refractivity contribution in [3.63, 3.8) is 0 Å². The van der Waals surface area contributed by atoms with Crippen LogP contribution in [0.4, 0.5) is 0 Å². The average Bonchev–Trinajstić information content (AvgIpc) is 2.89. The zero-order valence-electron chi connectivity index (χ0n) is 9.82. The van der Waals surface area contributed by atoms with E-state index < -0.39 is 0 Å². The fourth-order valence-corrected chi connectivity index (χ4v) is 2.54. The van der Waals surface area contributed by atoms with E-state index in [2.05, 4.69) is 46.4 Å². The van der Waals surface area contributed by atoms with E-state index in [-0.39, 0.29) is 0 Å². The Morgan fingerprint density at radius 3 is 2.76 bits per heavy atom. The number of aromatic amines is 1. The van der Waals surface area contributed by atoms with Gasteiger partial charge in [0.1, 0.15) is 0 Å². The quantitative estimate of drug-likeness (QED) is 0.842. The summed E-state index contributed by atoms with van der Waals surface area (Å²) in [4.78, 5) is 5.71. The van der Waals surface area contributed by atoms with E-state index in [4.69, 9.17) is 5.73 Å². The van der Waals surface area contributed by atoms with Crippen molar-refractivity contribution in [1.82, 2.24) is 9.88 Å². The number of nitrogens with one attached hydrogen (secondary N) is 1. The molecule has 3 nitrogen and oxygen atoms in total. The van der Waals surface area contributed by atoms with Crippen LogP contribution in [0.25, 0.3) is 0 Å². The van der Waals surface area contributed by atoms with Gasteiger partial charge in [-0.15, -0.1) is 0 Å². The topological polar surface area (TPSA) is 45.1 Å². The Morgan fingerprint density at radius 2 is 2.00 bits per heavy atom. The number of aromatic nitrogens is 1. The molecule has 2 heterocycles. The SMILES string of the molecule is NCc1[nH]cc2c1CN(Cc1ccccc1)C2. The van der Waals surface area contributed by atoms with Gasteiger partial charge in [-0.1, -0.05) is 30.3 Å². The molecule has 0 bridgehead atoms. The molecule has 3 N–H and O–H groups in total. The molecule has 0 fully saturated rings. The molecule has 2 aromatic rings. The molecule has 0 amide bonds. The van der Waals surface area contributed by atoms with Gasteiger partial charge < -0.3 is 10.7 Å². The first-order valence-corrected chi connectivity index (χ1v) is 6.01. The number of hydrogen-bond donors (Lipinski definition) is 2. The molecule has 88 valence electrons. The van der Waals surface area contributed by atoms with Crippen LogP contribution in [-0.2, 0) is 26.2 Å². The average molecular weight is 227 g/mol. The van der Waals surface area contributed by atoms with Gasteiger partial charge in [0.05, 0.1) is 0 Å². The van der Waals surface area contributed by atoms with Gasteiger partial charge in [0.15, 0.2) is 0 Å². The van der Waals surface area contributed by atoms with Crippen molar-refractivity contribution in [1.29, 1.82) is 0 Å². The monoisotopic (exact) mass is 227 g/mol. The molecule has 1 aliphatic rings. The van der Waals surface area contributed by atoms with Gasteiger partial charge in [-0.3, -0.25) is 4.90 Å². The van der Waals surface area contributed by atoms with Crippen LogP contribution in [0.2, 0.25) is 0 Å². The standard InChI is InChI=1S/C14H17N3/c15-6-14-13-10-17(9-12(13)7-16-14)8-11-4-2-1-3-5-11/h1-5,7,16H,6,8-10,15H2. The highest BCUT2D eigenvalue weighted by molar-refractivity contribution is 5.34. The summed E-state index contributed by atoms with van der Waals surface area (Å²) in [7, 11) is 0. The Bertz CT molecular complexity index is 501. The van der Waals surface area contributed by atoms with Gasteiger partial charge in [-0.2, -0.15) is 0 Å². The van der Waals surface area contributed by atoms with Crippen LogP contribution < -0.4 is 5.73 Å². The molecule has 0 radical (unpaired) electrons. The zero-order chi connectivity index (χ0) is 11.7. The number of nitrogens with two attached hydrogens (primary N) is 1. The van der Waals surface area contributed by atoms with E-state index in [0.717, 1.165) is 19.6 Å². The molecule has 0 atom stereocenters. The normalized spacial score (nSPS) is 15.1. The summed E-state index contributed by atoms with van der Waals surface area (Å²) >= 11 is 0. The number of fused-ring (bicyclic) bond motifs is 1. The molecule has 0 spiro atoms. The van der Waals surface area contributed by atoms with Crippen LogP contribution in [0.5, 0.6) is 0 Å². The van der Waals surface area contributed by atoms with Gasteiger partial charge in [0.25, 0.3) is 0 Å². The van der Waals surface area contributed by atoms with Gasteiger partial charge in [0, 0.05) is 38.1 Å². The second-order valence-electron chi connectivity index (χ2n) is 4.61. The van der Waals surface area contributed by atoms with Crippen molar-refractivity contribution >= 4 is 0 Å². The van der Waals surface area contributed by atoms with E-state index in [1.54, 1.807) is 0 Å². The Kier molecular flexibility index (Phi) is 2.71. The molecular formula is C14H17N3. The maximum atomic E-state index is 5.72. The van der Waals surface area contributed by atoms with Crippen LogP contribution in [0, 0.1) is 0 Å². The molecule has 17 heavy (non-hydrogen) atoms. The number of nitrogens with zero attached hydrogens (tertiary/aromatic N) is 1. The predicted molar refractivity (Wildman–Crippen MR) is 68.1 cm³/mol. The zero-order valence-corrected chi connectivity index (χ0v) is 9.82. The smallest absolute Gasteiger partial charge is 0.0335 e. The molecule has 0 saturated carbocycles. The summed E-state index contributed by atoms with van der Waals surface area (Å²) in [5.74, 6) is 0. The van der Waals surface area contributed by atoms with E-state index in [1.807, 2.05) is 0 Å². The molecule has 0 aliphatic carbocycles. The van der Waals surface area contributed by atoms with Crippen molar-refractivity contribution in [2.24, 2.45) is 5.73 Å². The van der Waals surface area contributed by atoms with Crippen molar-refractivity contribution in [2.45, 2.75) is 26.2 Å². The van der Waals surface area contributed by atoms with Gasteiger partial charge in [-0.25, -0.2) is 0 Å². The lowest BCUT2D eigenvalue weighted by atomic mass is 10.2. The van der Waals surface area contributed by atoms with E-state index in [1.165, 1.54) is 22.4 Å². The van der Waals surface area contributed by atoms with Crippen molar-refractivity contribution < 1.29 is 0 Å². The summed E-state index contributed by atoms with van der Waals surface area (Å²) in [6.45, 7) is 3.66. The Hall–Kier alpha value is -1.58. The van der Waals surface area contributed by atoms with Crippen LogP contribution in [0.1, 0.15) is 22.4 Å². The van der Waals surface area contributed by atoms with Gasteiger partial charge in [-0.05, 0) is 16.7 Å². The molecule has 1 aromatic heterocycles. The predicted octanol–water partition coefficient (Wildman–Crippen LogP) is 1.99. The maximum Gasteiger partial charge on any atom is 0.0335 e. The third kappa shape index (κ3) is 1.99. The summed E-state index contributed by atoms with van der Waals surface area (Å²) < 4.78 is 0. The number of H-pyrrole nitrogens is 1. The fourth-order valence-electron chi connectivity index (χ4n) is 2.54. The minimum atomic E-state index is 0.606. The highest BCUT2D eigenvalue weighted by atomic mass is 15.1. The number of rotatable bonds is 3. The Balaban J connectivity index is 1.72. The largest absolute Gasteiger partial charge is 0.363 e. The van der Waals surface area contributed by atoms with E-state index >= 15 is 0 Å². The lowest BCUT2D eigenvalue weighted by molar-refractivity contribution is 0.274. The summed E-state index contributed by atoms with van der Waals surface area (Å²) in [5.41, 5.74) is 11.1. The number of hydrogen-bond acceptors (Lipinski definition) is 2. The van der Waals surface area contributed by atoms with Crippen molar-refractivity contribution in [3.05, 3.63) is 58.9 Å².